The van der Waals surface area contributed by atoms with E-state index in [1.54, 1.807) is 6.20 Å². The molecule has 1 aliphatic carbocycles. The van der Waals surface area contributed by atoms with Crippen molar-refractivity contribution in [3.05, 3.63) is 42.1 Å². The first kappa shape index (κ1) is 11.2. The molecular weight excluding hydrogens is 224 g/mol. The molecule has 1 N–H and O–H groups in total. The summed E-state index contributed by atoms with van der Waals surface area (Å²) < 4.78 is 0. The first-order chi connectivity index (χ1) is 8.77. The van der Waals surface area contributed by atoms with Crippen molar-refractivity contribution < 1.29 is 5.11 Å². The van der Waals surface area contributed by atoms with E-state index in [1.807, 2.05) is 30.3 Å². The van der Waals surface area contributed by atoms with Crippen LogP contribution in [0.4, 0.5) is 0 Å². The summed E-state index contributed by atoms with van der Waals surface area (Å²) in [6.45, 7) is 0. The van der Waals surface area contributed by atoms with Gasteiger partial charge in [-0.05, 0) is 30.5 Å². The quantitative estimate of drug-likeness (QED) is 0.875. The SMILES string of the molecule is N#CC1(C(O)c2ccnc3ccccc23)CCC1. The summed E-state index contributed by atoms with van der Waals surface area (Å²) in [6, 6.07) is 11.9. The first-order valence-electron chi connectivity index (χ1n) is 6.20. The van der Waals surface area contributed by atoms with Crippen molar-refractivity contribution in [2.24, 2.45) is 5.41 Å². The van der Waals surface area contributed by atoms with Crippen molar-refractivity contribution in [2.45, 2.75) is 25.4 Å². The van der Waals surface area contributed by atoms with Crippen LogP contribution in [0.1, 0.15) is 30.9 Å². The van der Waals surface area contributed by atoms with Gasteiger partial charge in [-0.2, -0.15) is 5.26 Å². The van der Waals surface area contributed by atoms with E-state index < -0.39 is 11.5 Å². The van der Waals surface area contributed by atoms with Crippen LogP contribution in [0.2, 0.25) is 0 Å². The largest absolute Gasteiger partial charge is 0.387 e. The Hall–Kier alpha value is -1.92. The molecule has 3 heteroatoms. The van der Waals surface area contributed by atoms with E-state index in [-0.39, 0.29) is 0 Å². The van der Waals surface area contributed by atoms with Crippen molar-refractivity contribution in [3.8, 4) is 6.07 Å². The molecule has 1 fully saturated rings. The van der Waals surface area contributed by atoms with Gasteiger partial charge in [-0.3, -0.25) is 4.98 Å². The molecule has 3 nitrogen and oxygen atoms in total. The van der Waals surface area contributed by atoms with Crippen molar-refractivity contribution >= 4 is 10.9 Å². The first-order valence-corrected chi connectivity index (χ1v) is 6.20. The predicted molar refractivity (Wildman–Crippen MR) is 68.6 cm³/mol. The van der Waals surface area contributed by atoms with E-state index in [4.69, 9.17) is 0 Å². The van der Waals surface area contributed by atoms with Crippen LogP contribution in [0.5, 0.6) is 0 Å². The number of fused-ring (bicyclic) bond motifs is 1. The number of rotatable bonds is 2. The minimum atomic E-state index is -0.718. The number of nitrogens with zero attached hydrogens (tertiary/aromatic N) is 2. The molecule has 90 valence electrons. The highest BCUT2D eigenvalue weighted by Crippen LogP contribution is 2.50. The van der Waals surface area contributed by atoms with E-state index in [1.165, 1.54) is 0 Å². The third-order valence-electron chi connectivity index (χ3n) is 3.97. The lowest BCUT2D eigenvalue weighted by Crippen LogP contribution is -2.34. The highest BCUT2D eigenvalue weighted by atomic mass is 16.3. The predicted octanol–water partition coefficient (Wildman–Crippen LogP) is 2.96. The van der Waals surface area contributed by atoms with E-state index in [0.29, 0.717) is 0 Å². The number of benzene rings is 1. The van der Waals surface area contributed by atoms with Gasteiger partial charge in [0.1, 0.15) is 0 Å². The van der Waals surface area contributed by atoms with Crippen molar-refractivity contribution in [1.82, 2.24) is 4.98 Å². The van der Waals surface area contributed by atoms with Crippen LogP contribution < -0.4 is 0 Å². The Bertz CT molecular complexity index is 620. The molecule has 1 aromatic heterocycles. The normalized spacial score (nSPS) is 18.9. The van der Waals surface area contributed by atoms with E-state index in [9.17, 15) is 10.4 Å². The summed E-state index contributed by atoms with van der Waals surface area (Å²) >= 11 is 0. The van der Waals surface area contributed by atoms with Crippen molar-refractivity contribution in [1.29, 1.82) is 5.26 Å². The third kappa shape index (κ3) is 1.50. The Morgan fingerprint density at radius 2 is 2.06 bits per heavy atom. The molecule has 18 heavy (non-hydrogen) atoms. The van der Waals surface area contributed by atoms with Gasteiger partial charge in [-0.25, -0.2) is 0 Å². The molecule has 1 atom stereocenters. The van der Waals surface area contributed by atoms with Gasteiger partial charge in [0.05, 0.1) is 23.1 Å². The Kier molecular flexibility index (Phi) is 2.53. The highest BCUT2D eigenvalue weighted by molar-refractivity contribution is 5.82. The van der Waals surface area contributed by atoms with Gasteiger partial charge in [-0.15, -0.1) is 0 Å². The fourth-order valence-electron chi connectivity index (χ4n) is 2.66. The zero-order chi connectivity index (χ0) is 12.6. The molecule has 1 aliphatic rings. The maximum Gasteiger partial charge on any atom is 0.0983 e. The number of nitriles is 1. The maximum absolute atomic E-state index is 10.5. The second-order valence-corrected chi connectivity index (χ2v) is 4.94. The lowest BCUT2D eigenvalue weighted by molar-refractivity contribution is 0.00891. The lowest BCUT2D eigenvalue weighted by atomic mass is 9.64. The van der Waals surface area contributed by atoms with E-state index >= 15 is 0 Å². The smallest absolute Gasteiger partial charge is 0.0983 e. The molecular formula is C15H14N2O. The molecule has 1 unspecified atom stereocenters. The van der Waals surface area contributed by atoms with Gasteiger partial charge in [0, 0.05) is 11.6 Å². The second kappa shape index (κ2) is 4.08. The van der Waals surface area contributed by atoms with Crippen LogP contribution in [0, 0.1) is 16.7 Å². The summed E-state index contributed by atoms with van der Waals surface area (Å²) in [7, 11) is 0. The molecule has 2 aromatic rings. The van der Waals surface area contributed by atoms with Crippen LogP contribution in [-0.2, 0) is 0 Å². The molecule has 0 bridgehead atoms. The summed E-state index contributed by atoms with van der Waals surface area (Å²) in [5.41, 5.74) is 1.09. The number of aromatic nitrogens is 1. The number of aliphatic hydroxyl groups is 1. The Labute approximate surface area is 106 Å². The summed E-state index contributed by atoms with van der Waals surface area (Å²) in [4.78, 5) is 4.28. The number of hydrogen-bond acceptors (Lipinski definition) is 3. The van der Waals surface area contributed by atoms with Crippen LogP contribution in [0.25, 0.3) is 10.9 Å². The molecule has 0 aliphatic heterocycles. The standard InChI is InChI=1S/C15H14N2O/c16-10-15(7-3-8-15)14(18)12-6-9-17-13-5-2-1-4-11(12)13/h1-2,4-6,9,14,18H,3,7-8H2. The number of pyridine rings is 1. The molecule has 0 spiro atoms. The third-order valence-corrected chi connectivity index (χ3v) is 3.97. The summed E-state index contributed by atoms with van der Waals surface area (Å²) in [5.74, 6) is 0. The van der Waals surface area contributed by atoms with Crippen LogP contribution in [-0.4, -0.2) is 10.1 Å². The topological polar surface area (TPSA) is 56.9 Å². The van der Waals surface area contributed by atoms with Gasteiger partial charge in [0.15, 0.2) is 0 Å². The second-order valence-electron chi connectivity index (χ2n) is 4.94. The molecule has 1 saturated carbocycles. The van der Waals surface area contributed by atoms with Crippen molar-refractivity contribution in [3.63, 3.8) is 0 Å². The molecule has 1 heterocycles. The molecule has 0 radical (unpaired) electrons. The highest BCUT2D eigenvalue weighted by Gasteiger charge is 2.45. The van der Waals surface area contributed by atoms with Crippen LogP contribution in [0.3, 0.4) is 0 Å². The maximum atomic E-state index is 10.5. The van der Waals surface area contributed by atoms with Gasteiger partial charge in [0.25, 0.3) is 0 Å². The van der Waals surface area contributed by atoms with Gasteiger partial charge >= 0.3 is 0 Å². The van der Waals surface area contributed by atoms with E-state index in [2.05, 4.69) is 11.1 Å². The lowest BCUT2D eigenvalue weighted by Gasteiger charge is -2.39. The fourth-order valence-corrected chi connectivity index (χ4v) is 2.66. The Balaban J connectivity index is 2.12. The molecule has 0 saturated heterocycles. The molecule has 1 aromatic carbocycles. The fraction of sp³-hybridized carbons (Fsp3) is 0.333. The van der Waals surface area contributed by atoms with Gasteiger partial charge < -0.3 is 5.11 Å². The summed E-state index contributed by atoms with van der Waals surface area (Å²) in [6.07, 6.45) is 3.56. The average molecular weight is 238 g/mol. The summed E-state index contributed by atoms with van der Waals surface area (Å²) in [5, 5.41) is 20.8. The molecule has 3 rings (SSSR count). The number of para-hydroxylation sites is 1. The number of hydrogen-bond donors (Lipinski definition) is 1. The van der Waals surface area contributed by atoms with Gasteiger partial charge in [-0.1, -0.05) is 24.6 Å². The van der Waals surface area contributed by atoms with Crippen molar-refractivity contribution in [2.75, 3.05) is 0 Å². The Morgan fingerprint density at radius 1 is 1.28 bits per heavy atom. The Morgan fingerprint density at radius 3 is 2.72 bits per heavy atom. The van der Waals surface area contributed by atoms with Crippen LogP contribution >= 0.6 is 0 Å². The monoisotopic (exact) mass is 238 g/mol. The van der Waals surface area contributed by atoms with Gasteiger partial charge in [0.2, 0.25) is 0 Å². The minimum absolute atomic E-state index is 0.593. The van der Waals surface area contributed by atoms with E-state index in [0.717, 1.165) is 35.7 Å². The number of aliphatic hydroxyl groups excluding tert-OH is 1. The zero-order valence-electron chi connectivity index (χ0n) is 10.0. The van der Waals surface area contributed by atoms with Crippen LogP contribution in [0.15, 0.2) is 36.5 Å². The average Bonchev–Trinajstić information content (AvgIpc) is 2.37. The minimum Gasteiger partial charge on any atom is -0.387 e. The molecule has 0 amide bonds. The zero-order valence-corrected chi connectivity index (χ0v) is 10.0.